The van der Waals surface area contributed by atoms with Crippen LogP contribution < -0.4 is 10.1 Å². The summed E-state index contributed by atoms with van der Waals surface area (Å²) in [6.07, 6.45) is 0.957. The number of halogens is 1. The van der Waals surface area contributed by atoms with Gasteiger partial charge >= 0.3 is 0 Å². The van der Waals surface area contributed by atoms with Crippen LogP contribution in [0.25, 0.3) is 0 Å². The Morgan fingerprint density at radius 3 is 3.05 bits per heavy atom. The molecule has 1 aliphatic heterocycles. The van der Waals surface area contributed by atoms with Crippen LogP contribution in [0.4, 0.5) is 0 Å². The number of fused-ring (bicyclic) bond motifs is 1. The van der Waals surface area contributed by atoms with Crippen molar-refractivity contribution in [2.75, 3.05) is 6.54 Å². The predicted molar refractivity (Wildman–Crippen MR) is 85.4 cm³/mol. The summed E-state index contributed by atoms with van der Waals surface area (Å²) in [7, 11) is 0. The lowest BCUT2D eigenvalue weighted by atomic mass is 9.95. The number of aryl methyl sites for hydroxylation is 1. The van der Waals surface area contributed by atoms with Crippen molar-refractivity contribution < 1.29 is 4.74 Å². The molecule has 0 saturated heterocycles. The van der Waals surface area contributed by atoms with Crippen molar-refractivity contribution in [3.8, 4) is 5.75 Å². The number of hydrogen-bond acceptors (Lipinski definition) is 4. The molecule has 1 aromatic heterocycles. The fourth-order valence-corrected chi connectivity index (χ4v) is 3.62. The summed E-state index contributed by atoms with van der Waals surface area (Å²) in [5, 5.41) is 6.74. The van der Waals surface area contributed by atoms with E-state index in [1.807, 2.05) is 19.1 Å². The van der Waals surface area contributed by atoms with Gasteiger partial charge in [-0.05, 0) is 31.7 Å². The summed E-state index contributed by atoms with van der Waals surface area (Å²) in [6, 6.07) is 6.52. The van der Waals surface area contributed by atoms with Gasteiger partial charge in [0.1, 0.15) is 11.9 Å². The summed E-state index contributed by atoms with van der Waals surface area (Å²) in [6.45, 7) is 5.11. The maximum absolute atomic E-state index is 6.15. The van der Waals surface area contributed by atoms with Gasteiger partial charge in [0.15, 0.2) is 0 Å². The molecule has 3 nitrogen and oxygen atoms in total. The lowest BCUT2D eigenvalue weighted by Crippen LogP contribution is -2.29. The fourth-order valence-electron chi connectivity index (χ4n) is 2.59. The Kier molecular flexibility index (Phi) is 4.10. The van der Waals surface area contributed by atoms with Crippen LogP contribution in [0.1, 0.15) is 41.8 Å². The van der Waals surface area contributed by atoms with Gasteiger partial charge in [-0.3, -0.25) is 0 Å². The van der Waals surface area contributed by atoms with Gasteiger partial charge in [-0.15, -0.1) is 11.3 Å². The minimum Gasteiger partial charge on any atom is -0.484 e. The van der Waals surface area contributed by atoms with E-state index < -0.39 is 0 Å². The third kappa shape index (κ3) is 2.75. The third-order valence-corrected chi connectivity index (χ3v) is 4.77. The van der Waals surface area contributed by atoms with Crippen molar-refractivity contribution >= 4 is 27.3 Å². The zero-order valence-electron chi connectivity index (χ0n) is 11.5. The van der Waals surface area contributed by atoms with Crippen molar-refractivity contribution in [1.29, 1.82) is 0 Å². The van der Waals surface area contributed by atoms with Gasteiger partial charge in [0.05, 0.1) is 10.7 Å². The van der Waals surface area contributed by atoms with E-state index in [0.29, 0.717) is 6.04 Å². The molecule has 2 heterocycles. The molecule has 0 radical (unpaired) electrons. The average molecular weight is 353 g/mol. The first-order valence-corrected chi connectivity index (χ1v) is 8.46. The zero-order valence-corrected chi connectivity index (χ0v) is 13.9. The molecule has 106 valence electrons. The molecule has 0 saturated carbocycles. The van der Waals surface area contributed by atoms with Crippen LogP contribution >= 0.6 is 27.3 Å². The van der Waals surface area contributed by atoms with E-state index in [4.69, 9.17) is 4.74 Å². The van der Waals surface area contributed by atoms with E-state index >= 15 is 0 Å². The smallest absolute Gasteiger partial charge is 0.143 e. The highest BCUT2D eigenvalue weighted by atomic mass is 79.9. The molecular weight excluding hydrogens is 336 g/mol. The molecule has 5 heteroatoms. The Labute approximate surface area is 131 Å². The van der Waals surface area contributed by atoms with E-state index in [1.54, 1.807) is 11.3 Å². The first kappa shape index (κ1) is 14.0. The number of ether oxygens (including phenoxy) is 1. The van der Waals surface area contributed by atoms with Crippen LogP contribution in [-0.4, -0.2) is 11.5 Å². The monoisotopic (exact) mass is 352 g/mol. The largest absolute Gasteiger partial charge is 0.484 e. The third-order valence-electron chi connectivity index (χ3n) is 3.48. The summed E-state index contributed by atoms with van der Waals surface area (Å²) in [5.41, 5.74) is 2.27. The Bertz CT molecular complexity index is 614. The molecule has 0 fully saturated rings. The molecular formula is C15H17BrN2OS. The van der Waals surface area contributed by atoms with Crippen LogP contribution in [0, 0.1) is 6.92 Å². The second-order valence-corrected chi connectivity index (χ2v) is 6.90. The maximum Gasteiger partial charge on any atom is 0.143 e. The van der Waals surface area contributed by atoms with E-state index in [0.717, 1.165) is 33.9 Å². The molecule has 0 aliphatic carbocycles. The number of nitrogens with one attached hydrogen (secondary N) is 1. The molecule has 3 rings (SSSR count). The second-order valence-electron chi connectivity index (χ2n) is 4.93. The molecule has 20 heavy (non-hydrogen) atoms. The van der Waals surface area contributed by atoms with Gasteiger partial charge in [0, 0.05) is 27.9 Å². The summed E-state index contributed by atoms with van der Waals surface area (Å²) in [5.74, 6) is 0.959. The van der Waals surface area contributed by atoms with Crippen molar-refractivity contribution in [3.05, 3.63) is 44.3 Å². The number of benzene rings is 1. The van der Waals surface area contributed by atoms with Gasteiger partial charge in [-0.2, -0.15) is 0 Å². The predicted octanol–water partition coefficient (Wildman–Crippen LogP) is 4.39. The molecule has 1 aliphatic rings. The van der Waals surface area contributed by atoms with Gasteiger partial charge in [0.2, 0.25) is 0 Å². The Balaban J connectivity index is 1.94. The topological polar surface area (TPSA) is 34.2 Å². The number of nitrogens with zero attached hydrogens (tertiary/aromatic N) is 1. The molecule has 0 amide bonds. The molecule has 2 unspecified atom stereocenters. The first-order valence-electron chi connectivity index (χ1n) is 6.79. The van der Waals surface area contributed by atoms with Crippen molar-refractivity contribution in [1.82, 2.24) is 10.3 Å². The summed E-state index contributed by atoms with van der Waals surface area (Å²) in [4.78, 5) is 4.58. The van der Waals surface area contributed by atoms with Crippen LogP contribution in [0.3, 0.4) is 0 Å². The highest BCUT2D eigenvalue weighted by molar-refractivity contribution is 9.10. The molecule has 1 N–H and O–H groups in total. The van der Waals surface area contributed by atoms with E-state index in [-0.39, 0.29) is 6.10 Å². The number of hydrogen-bond donors (Lipinski definition) is 1. The van der Waals surface area contributed by atoms with Crippen molar-refractivity contribution in [2.24, 2.45) is 0 Å². The average Bonchev–Trinajstić information content (AvgIpc) is 2.86. The molecule has 0 spiro atoms. The number of aromatic nitrogens is 1. The molecule has 0 bridgehead atoms. The zero-order chi connectivity index (χ0) is 14.1. The molecule has 2 atom stereocenters. The maximum atomic E-state index is 6.15. The molecule has 1 aromatic carbocycles. The highest BCUT2D eigenvalue weighted by Crippen LogP contribution is 2.41. The Morgan fingerprint density at radius 1 is 1.50 bits per heavy atom. The van der Waals surface area contributed by atoms with E-state index in [1.165, 1.54) is 5.56 Å². The quantitative estimate of drug-likeness (QED) is 0.889. The van der Waals surface area contributed by atoms with Gasteiger partial charge < -0.3 is 10.1 Å². The highest BCUT2D eigenvalue weighted by Gasteiger charge is 2.30. The van der Waals surface area contributed by atoms with Gasteiger partial charge in [-0.1, -0.05) is 22.9 Å². The lowest BCUT2D eigenvalue weighted by Gasteiger charge is -2.32. The second kappa shape index (κ2) is 5.84. The van der Waals surface area contributed by atoms with Gasteiger partial charge in [-0.25, -0.2) is 4.98 Å². The van der Waals surface area contributed by atoms with Crippen molar-refractivity contribution in [3.63, 3.8) is 0 Å². The fraction of sp³-hybridized carbons (Fsp3) is 0.400. The molecule has 2 aromatic rings. The normalized spacial score (nSPS) is 21.4. The first-order chi connectivity index (χ1) is 9.67. The Morgan fingerprint density at radius 2 is 2.35 bits per heavy atom. The van der Waals surface area contributed by atoms with Crippen molar-refractivity contribution in [2.45, 2.75) is 32.4 Å². The van der Waals surface area contributed by atoms with Crippen LogP contribution in [0.2, 0.25) is 0 Å². The Hall–Kier alpha value is -0.910. The number of rotatable bonds is 3. The summed E-state index contributed by atoms with van der Waals surface area (Å²) < 4.78 is 7.23. The lowest BCUT2D eigenvalue weighted by molar-refractivity contribution is 0.148. The van der Waals surface area contributed by atoms with E-state index in [2.05, 4.69) is 44.6 Å². The van der Waals surface area contributed by atoms with E-state index in [9.17, 15) is 0 Å². The minimum absolute atomic E-state index is 0.0395. The minimum atomic E-state index is 0.0395. The SMILES string of the molecule is CCNC1CC(c2csc(C)n2)Oc2ccc(Br)cc21. The number of thiazole rings is 1. The van der Waals surface area contributed by atoms with Crippen LogP contribution in [0.15, 0.2) is 28.1 Å². The van der Waals surface area contributed by atoms with Gasteiger partial charge in [0.25, 0.3) is 0 Å². The van der Waals surface area contributed by atoms with Crippen LogP contribution in [-0.2, 0) is 0 Å². The summed E-state index contributed by atoms with van der Waals surface area (Å²) >= 11 is 5.22. The standard InChI is InChI=1S/C15H17BrN2OS/c1-3-17-12-7-15(13-8-20-9(2)18-13)19-14-5-4-10(16)6-11(12)14/h4-6,8,12,15,17H,3,7H2,1-2H3. The van der Waals surface area contributed by atoms with Crippen LogP contribution in [0.5, 0.6) is 5.75 Å².